The van der Waals surface area contributed by atoms with E-state index in [4.69, 9.17) is 0 Å². The molecule has 3 rings (SSSR count). The van der Waals surface area contributed by atoms with E-state index in [0.29, 0.717) is 6.54 Å². The summed E-state index contributed by atoms with van der Waals surface area (Å²) in [6, 6.07) is 3.77. The summed E-state index contributed by atoms with van der Waals surface area (Å²) in [5.41, 5.74) is 2.79. The van der Waals surface area contributed by atoms with Gasteiger partial charge in [-0.2, -0.15) is 5.10 Å². The fraction of sp³-hybridized carbons (Fsp3) is 0.389. The molecule has 0 saturated carbocycles. The van der Waals surface area contributed by atoms with Gasteiger partial charge in [-0.25, -0.2) is 9.67 Å². The standard InChI is InChI=1S/C18H23N5OS/c1-4-21(5-2)8-9-23-17(24)10-14(3)18(20-23)16-11-15(12-25-16)22-7-6-19-13-22/h6-7,10-13H,4-5,8-9H2,1-3H3. The molecule has 0 aromatic carbocycles. The van der Waals surface area contributed by atoms with E-state index in [9.17, 15) is 4.79 Å². The lowest BCUT2D eigenvalue weighted by Crippen LogP contribution is -2.32. The molecule has 3 aromatic heterocycles. The quantitative estimate of drug-likeness (QED) is 0.652. The zero-order valence-electron chi connectivity index (χ0n) is 14.8. The van der Waals surface area contributed by atoms with Gasteiger partial charge in [0.2, 0.25) is 0 Å². The van der Waals surface area contributed by atoms with Crippen LogP contribution in [0.3, 0.4) is 0 Å². The Morgan fingerprint density at radius 3 is 2.72 bits per heavy atom. The van der Waals surface area contributed by atoms with Crippen LogP contribution in [0, 0.1) is 6.92 Å². The molecule has 0 aliphatic rings. The number of likely N-dealkylation sites (N-methyl/N-ethyl adjacent to an activating group) is 1. The maximum absolute atomic E-state index is 12.3. The van der Waals surface area contributed by atoms with E-state index in [1.165, 1.54) is 0 Å². The number of aryl methyl sites for hydroxylation is 1. The lowest BCUT2D eigenvalue weighted by atomic mass is 10.2. The minimum atomic E-state index is -0.0419. The number of hydrogen-bond donors (Lipinski definition) is 0. The summed E-state index contributed by atoms with van der Waals surface area (Å²) >= 11 is 1.63. The Morgan fingerprint density at radius 1 is 1.24 bits per heavy atom. The molecule has 0 bridgehead atoms. The molecule has 0 radical (unpaired) electrons. The molecule has 3 heterocycles. The molecule has 0 aliphatic carbocycles. The Morgan fingerprint density at radius 2 is 2.04 bits per heavy atom. The predicted octanol–water partition coefficient (Wildman–Crippen LogP) is 2.81. The number of rotatable bonds is 7. The first-order valence-electron chi connectivity index (χ1n) is 8.50. The maximum atomic E-state index is 12.3. The summed E-state index contributed by atoms with van der Waals surface area (Å²) in [4.78, 5) is 19.7. The van der Waals surface area contributed by atoms with Gasteiger partial charge in [0.15, 0.2) is 0 Å². The lowest BCUT2D eigenvalue weighted by Gasteiger charge is -2.18. The molecule has 0 amide bonds. The van der Waals surface area contributed by atoms with Crippen molar-refractivity contribution in [3.63, 3.8) is 0 Å². The van der Waals surface area contributed by atoms with Crippen molar-refractivity contribution in [1.82, 2.24) is 24.2 Å². The van der Waals surface area contributed by atoms with Crippen LogP contribution in [-0.2, 0) is 6.54 Å². The first-order valence-corrected chi connectivity index (χ1v) is 9.38. The van der Waals surface area contributed by atoms with Crippen LogP contribution in [0.2, 0.25) is 0 Å². The van der Waals surface area contributed by atoms with Crippen LogP contribution in [0.25, 0.3) is 16.3 Å². The normalized spacial score (nSPS) is 11.4. The lowest BCUT2D eigenvalue weighted by molar-refractivity contribution is 0.283. The molecular formula is C18H23N5OS. The molecule has 7 heteroatoms. The summed E-state index contributed by atoms with van der Waals surface area (Å²) in [6.45, 7) is 9.58. The average molecular weight is 357 g/mol. The van der Waals surface area contributed by atoms with E-state index < -0.39 is 0 Å². The first kappa shape index (κ1) is 17.6. The minimum absolute atomic E-state index is 0.0419. The number of nitrogens with zero attached hydrogens (tertiary/aromatic N) is 5. The second kappa shape index (κ2) is 7.76. The smallest absolute Gasteiger partial charge is 0.267 e. The van der Waals surface area contributed by atoms with Crippen LogP contribution >= 0.6 is 11.3 Å². The van der Waals surface area contributed by atoms with Gasteiger partial charge in [0.1, 0.15) is 5.69 Å². The third kappa shape index (κ3) is 3.88. The highest BCUT2D eigenvalue weighted by Gasteiger charge is 2.12. The average Bonchev–Trinajstić information content (AvgIpc) is 3.28. The SMILES string of the molecule is CCN(CC)CCn1nc(-c2cc(-n3ccnc3)cs2)c(C)cc1=O. The number of aromatic nitrogens is 4. The predicted molar refractivity (Wildman–Crippen MR) is 101 cm³/mol. The van der Waals surface area contributed by atoms with E-state index >= 15 is 0 Å². The molecule has 0 spiro atoms. The van der Waals surface area contributed by atoms with Gasteiger partial charge in [-0.3, -0.25) is 4.79 Å². The van der Waals surface area contributed by atoms with Gasteiger partial charge in [0.25, 0.3) is 5.56 Å². The van der Waals surface area contributed by atoms with Gasteiger partial charge in [0, 0.05) is 30.4 Å². The van der Waals surface area contributed by atoms with Gasteiger partial charge in [-0.05, 0) is 31.6 Å². The Bertz CT molecular complexity index is 877. The van der Waals surface area contributed by atoms with E-state index in [-0.39, 0.29) is 5.56 Å². The van der Waals surface area contributed by atoms with Crippen molar-refractivity contribution in [3.05, 3.63) is 52.2 Å². The summed E-state index contributed by atoms with van der Waals surface area (Å²) in [5.74, 6) is 0. The molecule has 0 aliphatic heterocycles. The van der Waals surface area contributed by atoms with E-state index in [1.54, 1.807) is 34.6 Å². The highest BCUT2D eigenvalue weighted by molar-refractivity contribution is 7.13. The number of thiophene rings is 1. The van der Waals surface area contributed by atoms with Crippen molar-refractivity contribution in [1.29, 1.82) is 0 Å². The molecule has 25 heavy (non-hydrogen) atoms. The summed E-state index contributed by atoms with van der Waals surface area (Å²) < 4.78 is 3.54. The van der Waals surface area contributed by atoms with Crippen molar-refractivity contribution in [3.8, 4) is 16.3 Å². The largest absolute Gasteiger partial charge is 0.305 e. The fourth-order valence-electron chi connectivity index (χ4n) is 2.75. The molecular weight excluding hydrogens is 334 g/mol. The fourth-order valence-corrected chi connectivity index (χ4v) is 3.69. The first-order chi connectivity index (χ1) is 12.1. The molecule has 0 saturated heterocycles. The number of imidazole rings is 1. The minimum Gasteiger partial charge on any atom is -0.305 e. The van der Waals surface area contributed by atoms with Gasteiger partial charge in [-0.1, -0.05) is 13.8 Å². The van der Waals surface area contributed by atoms with Crippen LogP contribution in [0.1, 0.15) is 19.4 Å². The Labute approximate surface area is 151 Å². The molecule has 132 valence electrons. The van der Waals surface area contributed by atoms with E-state index in [1.807, 2.05) is 17.7 Å². The zero-order chi connectivity index (χ0) is 17.8. The van der Waals surface area contributed by atoms with E-state index in [2.05, 4.69) is 40.3 Å². The molecule has 3 aromatic rings. The van der Waals surface area contributed by atoms with Crippen molar-refractivity contribution >= 4 is 11.3 Å². The van der Waals surface area contributed by atoms with Gasteiger partial charge < -0.3 is 9.47 Å². The molecule has 0 fully saturated rings. The second-order valence-corrected chi connectivity index (χ2v) is 6.81. The van der Waals surface area contributed by atoms with Gasteiger partial charge in [-0.15, -0.1) is 11.3 Å². The molecule has 0 atom stereocenters. The second-order valence-electron chi connectivity index (χ2n) is 5.90. The van der Waals surface area contributed by atoms with Crippen LogP contribution in [-0.4, -0.2) is 43.9 Å². The topological polar surface area (TPSA) is 56.0 Å². The molecule has 0 unspecified atom stereocenters. The zero-order valence-corrected chi connectivity index (χ0v) is 15.7. The van der Waals surface area contributed by atoms with Crippen LogP contribution in [0.5, 0.6) is 0 Å². The van der Waals surface area contributed by atoms with Crippen LogP contribution in [0.4, 0.5) is 0 Å². The van der Waals surface area contributed by atoms with Crippen molar-refractivity contribution in [2.75, 3.05) is 19.6 Å². The summed E-state index contributed by atoms with van der Waals surface area (Å²) in [5, 5.41) is 6.71. The van der Waals surface area contributed by atoms with Crippen LogP contribution in [0.15, 0.2) is 41.0 Å². The maximum Gasteiger partial charge on any atom is 0.267 e. The van der Waals surface area contributed by atoms with Crippen molar-refractivity contribution in [2.45, 2.75) is 27.3 Å². The van der Waals surface area contributed by atoms with Gasteiger partial charge in [0.05, 0.1) is 23.4 Å². The molecule has 0 N–H and O–H groups in total. The number of hydrogen-bond acceptors (Lipinski definition) is 5. The Kier molecular flexibility index (Phi) is 5.45. The van der Waals surface area contributed by atoms with E-state index in [0.717, 1.165) is 41.5 Å². The van der Waals surface area contributed by atoms with Gasteiger partial charge >= 0.3 is 0 Å². The molecule has 6 nitrogen and oxygen atoms in total. The summed E-state index contributed by atoms with van der Waals surface area (Å²) in [7, 11) is 0. The third-order valence-electron chi connectivity index (χ3n) is 4.33. The Hall–Kier alpha value is -2.25. The summed E-state index contributed by atoms with van der Waals surface area (Å²) in [6.07, 6.45) is 5.45. The highest BCUT2D eigenvalue weighted by atomic mass is 32.1. The third-order valence-corrected chi connectivity index (χ3v) is 5.26. The Balaban J connectivity index is 1.89. The van der Waals surface area contributed by atoms with Crippen molar-refractivity contribution in [2.24, 2.45) is 0 Å². The highest BCUT2D eigenvalue weighted by Crippen LogP contribution is 2.29. The van der Waals surface area contributed by atoms with Crippen molar-refractivity contribution < 1.29 is 0 Å². The van der Waals surface area contributed by atoms with Crippen LogP contribution < -0.4 is 5.56 Å². The monoisotopic (exact) mass is 357 g/mol.